The topological polar surface area (TPSA) is 92.5 Å². The van der Waals surface area contributed by atoms with Gasteiger partial charge in [-0.1, -0.05) is 0 Å². The molecule has 0 spiro atoms. The highest BCUT2D eigenvalue weighted by Crippen LogP contribution is 2.24. The van der Waals surface area contributed by atoms with E-state index in [4.69, 9.17) is 5.11 Å². The quantitative estimate of drug-likeness (QED) is 0.657. The van der Waals surface area contributed by atoms with Crippen LogP contribution in [0.1, 0.15) is 41.6 Å². The number of hydrogen-bond acceptors (Lipinski definition) is 4. The number of carbonyl (C=O) groups excluding carboxylic acids is 1. The van der Waals surface area contributed by atoms with Crippen LogP contribution in [0.2, 0.25) is 0 Å². The van der Waals surface area contributed by atoms with Crippen LogP contribution in [0.25, 0.3) is 0 Å². The molecule has 1 aliphatic rings. The van der Waals surface area contributed by atoms with Crippen LogP contribution in [0.5, 0.6) is 0 Å². The van der Waals surface area contributed by atoms with Crippen molar-refractivity contribution in [3.8, 4) is 0 Å². The van der Waals surface area contributed by atoms with Crippen molar-refractivity contribution in [2.45, 2.75) is 38.6 Å². The van der Waals surface area contributed by atoms with Gasteiger partial charge in [-0.15, -0.1) is 0 Å². The number of nitro groups is 1. The van der Waals surface area contributed by atoms with Gasteiger partial charge in [0.15, 0.2) is 0 Å². The molecule has 0 heterocycles. The Morgan fingerprint density at radius 2 is 2.05 bits per heavy atom. The Morgan fingerprint density at radius 1 is 1.38 bits per heavy atom. The summed E-state index contributed by atoms with van der Waals surface area (Å²) in [6.07, 6.45) is 3.56. The summed E-state index contributed by atoms with van der Waals surface area (Å²) >= 11 is 0. The van der Waals surface area contributed by atoms with E-state index in [2.05, 4.69) is 5.32 Å². The molecule has 1 fully saturated rings. The maximum atomic E-state index is 12.2. The third kappa shape index (κ3) is 3.78. The van der Waals surface area contributed by atoms with Gasteiger partial charge in [0.25, 0.3) is 11.6 Å². The first-order chi connectivity index (χ1) is 10.0. The van der Waals surface area contributed by atoms with Gasteiger partial charge in [-0.2, -0.15) is 0 Å². The Kier molecular flexibility index (Phi) is 4.90. The van der Waals surface area contributed by atoms with Gasteiger partial charge < -0.3 is 10.4 Å². The number of carbonyl (C=O) groups is 1. The Morgan fingerprint density at radius 3 is 2.57 bits per heavy atom. The van der Waals surface area contributed by atoms with Gasteiger partial charge in [0, 0.05) is 29.8 Å². The molecule has 1 aliphatic carbocycles. The zero-order chi connectivity index (χ0) is 15.4. The van der Waals surface area contributed by atoms with Crippen molar-refractivity contribution < 1.29 is 14.8 Å². The first kappa shape index (κ1) is 15.4. The van der Waals surface area contributed by atoms with Gasteiger partial charge in [-0.05, 0) is 50.7 Å². The van der Waals surface area contributed by atoms with Gasteiger partial charge in [0.05, 0.1) is 4.92 Å². The van der Waals surface area contributed by atoms with E-state index in [1.807, 2.05) is 0 Å². The predicted octanol–water partition coefficient (Wildman–Crippen LogP) is 2.18. The van der Waals surface area contributed by atoms with Gasteiger partial charge in [0.1, 0.15) is 0 Å². The average Bonchev–Trinajstić information content (AvgIpc) is 2.47. The van der Waals surface area contributed by atoms with Crippen LogP contribution < -0.4 is 5.32 Å². The molecule has 0 aromatic heterocycles. The van der Waals surface area contributed by atoms with E-state index in [1.54, 1.807) is 13.0 Å². The van der Waals surface area contributed by atoms with Gasteiger partial charge in [-0.25, -0.2) is 0 Å². The molecular weight excluding hydrogens is 272 g/mol. The molecule has 1 aromatic carbocycles. The fraction of sp³-hybridized carbons (Fsp3) is 0.533. The lowest BCUT2D eigenvalue weighted by Crippen LogP contribution is -2.38. The Balaban J connectivity index is 1.98. The molecule has 0 radical (unpaired) electrons. The maximum absolute atomic E-state index is 12.2. The molecule has 1 aromatic rings. The molecule has 6 heteroatoms. The second-order valence-corrected chi connectivity index (χ2v) is 5.63. The van der Waals surface area contributed by atoms with Crippen LogP contribution in [0.3, 0.4) is 0 Å². The van der Waals surface area contributed by atoms with Crippen molar-refractivity contribution >= 4 is 11.6 Å². The number of benzene rings is 1. The van der Waals surface area contributed by atoms with Crippen molar-refractivity contribution in [3.63, 3.8) is 0 Å². The third-order valence-electron chi connectivity index (χ3n) is 4.10. The number of nitro benzene ring substituents is 1. The first-order valence-corrected chi connectivity index (χ1v) is 7.18. The Hall–Kier alpha value is -1.95. The smallest absolute Gasteiger partial charge is 0.272 e. The summed E-state index contributed by atoms with van der Waals surface area (Å²) < 4.78 is 0. The van der Waals surface area contributed by atoms with Crippen LogP contribution in [0.15, 0.2) is 18.2 Å². The lowest BCUT2D eigenvalue weighted by molar-refractivity contribution is -0.385. The minimum Gasteiger partial charge on any atom is -0.396 e. The molecule has 114 valence electrons. The zero-order valence-corrected chi connectivity index (χ0v) is 12.0. The summed E-state index contributed by atoms with van der Waals surface area (Å²) in [6, 6.07) is 4.52. The SMILES string of the molecule is Cc1cc(C(=O)NC2CCC(CO)CC2)ccc1[N+](=O)[O-]. The number of nitrogens with one attached hydrogen (secondary N) is 1. The lowest BCUT2D eigenvalue weighted by Gasteiger charge is -2.28. The summed E-state index contributed by atoms with van der Waals surface area (Å²) in [5.74, 6) is 0.153. The third-order valence-corrected chi connectivity index (χ3v) is 4.10. The van der Waals surface area contributed by atoms with E-state index in [9.17, 15) is 14.9 Å². The van der Waals surface area contributed by atoms with Crippen LogP contribution in [0, 0.1) is 23.0 Å². The highest BCUT2D eigenvalue weighted by molar-refractivity contribution is 5.94. The van der Waals surface area contributed by atoms with E-state index in [-0.39, 0.29) is 24.2 Å². The number of aliphatic hydroxyl groups is 1. The molecule has 0 saturated heterocycles. The molecule has 0 aliphatic heterocycles. The fourth-order valence-electron chi connectivity index (χ4n) is 2.76. The van der Waals surface area contributed by atoms with E-state index < -0.39 is 4.92 Å². The normalized spacial score (nSPS) is 21.8. The van der Waals surface area contributed by atoms with Crippen molar-refractivity contribution in [1.29, 1.82) is 0 Å². The number of aliphatic hydroxyl groups excluding tert-OH is 1. The van der Waals surface area contributed by atoms with Crippen molar-refractivity contribution in [2.75, 3.05) is 6.61 Å². The van der Waals surface area contributed by atoms with Crippen LogP contribution in [-0.2, 0) is 0 Å². The fourth-order valence-corrected chi connectivity index (χ4v) is 2.76. The second-order valence-electron chi connectivity index (χ2n) is 5.63. The van der Waals surface area contributed by atoms with E-state index in [0.717, 1.165) is 25.7 Å². The molecule has 1 saturated carbocycles. The molecule has 2 N–H and O–H groups in total. The molecule has 0 unspecified atom stereocenters. The van der Waals surface area contributed by atoms with Crippen molar-refractivity contribution in [2.24, 2.45) is 5.92 Å². The first-order valence-electron chi connectivity index (χ1n) is 7.18. The molecule has 6 nitrogen and oxygen atoms in total. The average molecular weight is 292 g/mol. The lowest BCUT2D eigenvalue weighted by atomic mass is 9.86. The van der Waals surface area contributed by atoms with E-state index >= 15 is 0 Å². The second kappa shape index (κ2) is 6.67. The molecule has 0 atom stereocenters. The van der Waals surface area contributed by atoms with Gasteiger partial charge in [0.2, 0.25) is 0 Å². The monoisotopic (exact) mass is 292 g/mol. The summed E-state index contributed by atoms with van der Waals surface area (Å²) in [5, 5.41) is 22.8. The molecule has 21 heavy (non-hydrogen) atoms. The number of hydrogen-bond donors (Lipinski definition) is 2. The summed E-state index contributed by atoms with van der Waals surface area (Å²) in [6.45, 7) is 1.84. The number of nitrogens with zero attached hydrogens (tertiary/aromatic N) is 1. The number of aryl methyl sites for hydroxylation is 1. The summed E-state index contributed by atoms with van der Waals surface area (Å²) in [5.41, 5.74) is 0.953. The number of rotatable bonds is 4. The minimum atomic E-state index is -0.451. The molecular formula is C15H20N2O4. The van der Waals surface area contributed by atoms with E-state index in [0.29, 0.717) is 17.0 Å². The summed E-state index contributed by atoms with van der Waals surface area (Å²) in [4.78, 5) is 22.5. The van der Waals surface area contributed by atoms with Crippen LogP contribution in [-0.4, -0.2) is 28.6 Å². The van der Waals surface area contributed by atoms with Crippen molar-refractivity contribution in [3.05, 3.63) is 39.4 Å². The molecule has 0 bridgehead atoms. The largest absolute Gasteiger partial charge is 0.396 e. The van der Waals surface area contributed by atoms with Gasteiger partial charge >= 0.3 is 0 Å². The summed E-state index contributed by atoms with van der Waals surface area (Å²) in [7, 11) is 0. The highest BCUT2D eigenvalue weighted by Gasteiger charge is 2.22. The molecule has 1 amide bonds. The van der Waals surface area contributed by atoms with Gasteiger partial charge in [-0.3, -0.25) is 14.9 Å². The maximum Gasteiger partial charge on any atom is 0.272 e. The van der Waals surface area contributed by atoms with E-state index in [1.165, 1.54) is 12.1 Å². The minimum absolute atomic E-state index is 0.0232. The van der Waals surface area contributed by atoms with Crippen molar-refractivity contribution in [1.82, 2.24) is 5.32 Å². The predicted molar refractivity (Wildman–Crippen MR) is 78.1 cm³/mol. The Labute approximate surface area is 123 Å². The Bertz CT molecular complexity index is 536. The van der Waals surface area contributed by atoms with Crippen LogP contribution in [0.4, 0.5) is 5.69 Å². The zero-order valence-electron chi connectivity index (χ0n) is 12.0. The van der Waals surface area contributed by atoms with Crippen LogP contribution >= 0.6 is 0 Å². The molecule has 2 rings (SSSR count). The number of amides is 1. The highest BCUT2D eigenvalue weighted by atomic mass is 16.6. The standard InChI is InChI=1S/C15H20N2O4/c1-10-8-12(4-7-14(10)17(20)21)15(19)16-13-5-2-11(9-18)3-6-13/h4,7-8,11,13,18H,2-3,5-6,9H2,1H3,(H,16,19).